The average Bonchev–Trinajstić information content (AvgIpc) is 1.67. The van der Waals surface area contributed by atoms with Crippen LogP contribution in [0.4, 0.5) is 0 Å². The fourth-order valence-electron chi connectivity index (χ4n) is 0.254. The zero-order valence-electron chi connectivity index (χ0n) is 5.26. The quantitative estimate of drug-likeness (QED) is 0.437. The molecule has 0 N–H and O–H groups in total. The first kappa shape index (κ1) is 7.63. The predicted molar refractivity (Wildman–Crippen MR) is 41.0 cm³/mol. The van der Waals surface area contributed by atoms with Gasteiger partial charge in [0, 0.05) is 14.1 Å². The normalized spacial score (nSPS) is 11.1. The van der Waals surface area contributed by atoms with Crippen LogP contribution in [0.25, 0.3) is 0 Å². The van der Waals surface area contributed by atoms with E-state index >= 15 is 0 Å². The lowest BCUT2D eigenvalue weighted by atomic mass is 10.6. The second kappa shape index (κ2) is 3.61. The minimum absolute atomic E-state index is 0.917. The minimum atomic E-state index is 0.917. The summed E-state index contributed by atoms with van der Waals surface area (Å²) in [6, 6.07) is 0. The van der Waals surface area contributed by atoms with E-state index in [1.54, 1.807) is 6.08 Å². The molecule has 0 aromatic heterocycles. The largest absolute Gasteiger partial charge is 0.373 e. The molecule has 0 saturated heterocycles. The van der Waals surface area contributed by atoms with Gasteiger partial charge in [0.1, 0.15) is 0 Å². The van der Waals surface area contributed by atoms with Crippen molar-refractivity contribution in [3.8, 4) is 0 Å². The molecule has 8 heavy (non-hydrogen) atoms. The lowest BCUT2D eigenvalue weighted by Crippen LogP contribution is -2.05. The van der Waals surface area contributed by atoms with Crippen molar-refractivity contribution in [2.75, 3.05) is 14.1 Å². The van der Waals surface area contributed by atoms with Crippen molar-refractivity contribution < 1.29 is 0 Å². The molecule has 0 rings (SSSR count). The Labute approximate surface area is 56.1 Å². The maximum Gasteiger partial charge on any atom is 0.0670 e. The van der Waals surface area contributed by atoms with E-state index in [4.69, 9.17) is 0 Å². The molecule has 46 valence electrons. The molecule has 0 bridgehead atoms. The third-order valence-corrected chi connectivity index (χ3v) is 1.27. The molecule has 0 aromatic carbocycles. The van der Waals surface area contributed by atoms with E-state index in [9.17, 15) is 0 Å². The number of nitrogens with zero attached hydrogens (tertiary/aromatic N) is 1. The maximum absolute atomic E-state index is 4.12. The van der Waals surface area contributed by atoms with Crippen molar-refractivity contribution in [3.63, 3.8) is 0 Å². The molecule has 0 amide bonds. The van der Waals surface area contributed by atoms with Gasteiger partial charge in [-0.25, -0.2) is 0 Å². The molecule has 0 aliphatic rings. The first-order chi connectivity index (χ1) is 3.68. The van der Waals surface area contributed by atoms with Crippen LogP contribution in [0, 0.1) is 0 Å². The molecule has 0 spiro atoms. The minimum Gasteiger partial charge on any atom is -0.373 e. The van der Waals surface area contributed by atoms with E-state index < -0.39 is 0 Å². The van der Waals surface area contributed by atoms with Gasteiger partial charge in [-0.2, -0.15) is 0 Å². The number of hydrogen-bond donors (Lipinski definition) is 1. The Bertz CT molecular complexity index is 105. The smallest absolute Gasteiger partial charge is 0.0670 e. The van der Waals surface area contributed by atoms with Crippen LogP contribution in [-0.4, -0.2) is 19.0 Å². The number of thiol groups is 1. The summed E-state index contributed by atoms with van der Waals surface area (Å²) in [5.74, 6) is 0. The summed E-state index contributed by atoms with van der Waals surface area (Å²) in [7, 11) is 3.87. The molecular weight excluding hydrogens is 118 g/mol. The summed E-state index contributed by atoms with van der Waals surface area (Å²) in [6.07, 6.45) is 3.55. The number of allylic oxidation sites excluding steroid dienone is 2. The number of hydrogen-bond acceptors (Lipinski definition) is 2. The molecule has 0 fully saturated rings. The van der Waals surface area contributed by atoms with Crippen molar-refractivity contribution in [2.24, 2.45) is 0 Å². The van der Waals surface area contributed by atoms with E-state index in [1.165, 1.54) is 0 Å². The Morgan fingerprint density at radius 1 is 1.62 bits per heavy atom. The standard InChI is InChI=1S/C6H11NS/c1-4-5-6(8)7(2)3/h4-5,8H,1H2,2-3H3/b6-5+. The molecule has 0 radical (unpaired) electrons. The Balaban J connectivity index is 3.78. The van der Waals surface area contributed by atoms with Crippen LogP contribution in [0.1, 0.15) is 0 Å². The van der Waals surface area contributed by atoms with Gasteiger partial charge >= 0.3 is 0 Å². The van der Waals surface area contributed by atoms with Gasteiger partial charge in [-0.15, -0.1) is 12.6 Å². The molecule has 2 heteroatoms. The summed E-state index contributed by atoms with van der Waals surface area (Å²) < 4.78 is 0. The zero-order chi connectivity index (χ0) is 6.57. The van der Waals surface area contributed by atoms with Gasteiger partial charge in [-0.05, 0) is 6.08 Å². The monoisotopic (exact) mass is 129 g/mol. The Kier molecular flexibility index (Phi) is 3.44. The highest BCUT2D eigenvalue weighted by Gasteiger charge is 1.85. The van der Waals surface area contributed by atoms with Crippen molar-refractivity contribution in [3.05, 3.63) is 23.8 Å². The second-order valence-electron chi connectivity index (χ2n) is 1.65. The molecule has 0 aliphatic heterocycles. The molecule has 0 aliphatic carbocycles. The van der Waals surface area contributed by atoms with Crippen LogP contribution in [0.15, 0.2) is 23.8 Å². The van der Waals surface area contributed by atoms with Crippen LogP contribution in [0.2, 0.25) is 0 Å². The van der Waals surface area contributed by atoms with E-state index in [0.29, 0.717) is 0 Å². The van der Waals surface area contributed by atoms with Gasteiger partial charge in [0.15, 0.2) is 0 Å². The second-order valence-corrected chi connectivity index (χ2v) is 2.11. The SMILES string of the molecule is C=C/C=C(/S)N(C)C. The number of rotatable bonds is 2. The molecular formula is C6H11NS. The van der Waals surface area contributed by atoms with Crippen molar-refractivity contribution in [2.45, 2.75) is 0 Å². The summed E-state index contributed by atoms with van der Waals surface area (Å²) >= 11 is 4.12. The highest BCUT2D eigenvalue weighted by atomic mass is 32.1. The summed E-state index contributed by atoms with van der Waals surface area (Å²) in [5.41, 5.74) is 0. The fourth-order valence-corrected chi connectivity index (χ4v) is 0.360. The van der Waals surface area contributed by atoms with Gasteiger partial charge in [-0.3, -0.25) is 0 Å². The predicted octanol–water partition coefficient (Wildman–Crippen LogP) is 1.51. The van der Waals surface area contributed by atoms with Crippen molar-refractivity contribution >= 4 is 12.6 Å². The molecule has 0 heterocycles. The van der Waals surface area contributed by atoms with Crippen LogP contribution in [0.5, 0.6) is 0 Å². The Morgan fingerprint density at radius 2 is 2.12 bits per heavy atom. The molecule has 0 atom stereocenters. The van der Waals surface area contributed by atoms with Gasteiger partial charge in [0.25, 0.3) is 0 Å². The Hall–Kier alpha value is -0.370. The van der Waals surface area contributed by atoms with Crippen molar-refractivity contribution in [1.82, 2.24) is 4.90 Å². The van der Waals surface area contributed by atoms with Gasteiger partial charge in [0.05, 0.1) is 5.03 Å². The third-order valence-electron chi connectivity index (χ3n) is 0.725. The highest BCUT2D eigenvalue weighted by molar-refractivity contribution is 7.84. The Morgan fingerprint density at radius 3 is 2.25 bits per heavy atom. The summed E-state index contributed by atoms with van der Waals surface area (Å²) in [4.78, 5) is 1.91. The van der Waals surface area contributed by atoms with E-state index in [2.05, 4.69) is 19.2 Å². The summed E-state index contributed by atoms with van der Waals surface area (Å²) in [5, 5.41) is 0.917. The summed E-state index contributed by atoms with van der Waals surface area (Å²) in [6.45, 7) is 3.53. The first-order valence-corrected chi connectivity index (χ1v) is 2.82. The van der Waals surface area contributed by atoms with Crippen molar-refractivity contribution in [1.29, 1.82) is 0 Å². The lowest BCUT2D eigenvalue weighted by Gasteiger charge is -2.09. The van der Waals surface area contributed by atoms with E-state index in [0.717, 1.165) is 5.03 Å². The van der Waals surface area contributed by atoms with Gasteiger partial charge < -0.3 is 4.90 Å². The van der Waals surface area contributed by atoms with Crippen LogP contribution in [-0.2, 0) is 0 Å². The topological polar surface area (TPSA) is 3.24 Å². The zero-order valence-corrected chi connectivity index (χ0v) is 6.15. The van der Waals surface area contributed by atoms with E-state index in [-0.39, 0.29) is 0 Å². The average molecular weight is 129 g/mol. The molecule has 0 aromatic rings. The molecule has 0 saturated carbocycles. The van der Waals surface area contributed by atoms with E-state index in [1.807, 2.05) is 25.1 Å². The van der Waals surface area contributed by atoms with Crippen LogP contribution in [0.3, 0.4) is 0 Å². The van der Waals surface area contributed by atoms with Crippen LogP contribution < -0.4 is 0 Å². The first-order valence-electron chi connectivity index (χ1n) is 2.37. The highest BCUT2D eigenvalue weighted by Crippen LogP contribution is 2.01. The molecule has 1 nitrogen and oxygen atoms in total. The lowest BCUT2D eigenvalue weighted by molar-refractivity contribution is 0.551. The van der Waals surface area contributed by atoms with Crippen LogP contribution >= 0.6 is 12.6 Å². The van der Waals surface area contributed by atoms with Gasteiger partial charge in [-0.1, -0.05) is 12.7 Å². The van der Waals surface area contributed by atoms with Gasteiger partial charge in [0.2, 0.25) is 0 Å². The maximum atomic E-state index is 4.12. The molecule has 0 unspecified atom stereocenters. The third kappa shape index (κ3) is 2.75. The fraction of sp³-hybridized carbons (Fsp3) is 0.333.